The molecule has 2 aromatic carbocycles. The summed E-state index contributed by atoms with van der Waals surface area (Å²) in [5, 5.41) is 17.3. The van der Waals surface area contributed by atoms with Gasteiger partial charge in [-0.05, 0) is 64.0 Å². The monoisotopic (exact) mass is 492 g/mol. The summed E-state index contributed by atoms with van der Waals surface area (Å²) < 4.78 is 3.95. The average molecular weight is 493 g/mol. The fourth-order valence-corrected chi connectivity index (χ4v) is 4.38. The lowest BCUT2D eigenvalue weighted by atomic mass is 10.1. The maximum atomic E-state index is 6.34. The minimum Gasteiger partial charge on any atom is -0.329 e. The molecule has 0 bridgehead atoms. The van der Waals surface area contributed by atoms with Gasteiger partial charge in [0, 0.05) is 5.02 Å². The van der Waals surface area contributed by atoms with Crippen LogP contribution in [0.5, 0.6) is 0 Å². The highest BCUT2D eigenvalue weighted by atomic mass is 35.5. The summed E-state index contributed by atoms with van der Waals surface area (Å²) in [6.07, 6.45) is 0. The van der Waals surface area contributed by atoms with E-state index in [-0.39, 0.29) is 0 Å². The van der Waals surface area contributed by atoms with E-state index >= 15 is 0 Å². The van der Waals surface area contributed by atoms with Crippen molar-refractivity contribution in [3.8, 4) is 0 Å². The van der Waals surface area contributed by atoms with E-state index in [0.717, 1.165) is 44.7 Å². The summed E-state index contributed by atoms with van der Waals surface area (Å²) in [4.78, 5) is 0. The smallest absolute Gasteiger partial charge is 0.175 e. The number of benzene rings is 2. The first-order valence-corrected chi connectivity index (χ1v) is 12.0. The summed E-state index contributed by atoms with van der Waals surface area (Å²) >= 11 is 12.0. The van der Waals surface area contributed by atoms with Gasteiger partial charge in [-0.15, -0.1) is 0 Å². The average Bonchev–Trinajstić information content (AvgIpc) is 3.21. The van der Waals surface area contributed by atoms with Crippen LogP contribution in [-0.4, -0.2) is 24.7 Å². The number of nitrogens with zero attached hydrogens (tertiary/aromatic N) is 4. The summed E-state index contributed by atoms with van der Waals surface area (Å²) in [5.74, 6) is 0. The van der Waals surface area contributed by atoms with Crippen molar-refractivity contribution in [1.82, 2.24) is 19.6 Å². The van der Waals surface area contributed by atoms with E-state index in [9.17, 15) is 0 Å². The molecular weight excluding hydrogens is 464 g/mol. The molecule has 2 heterocycles. The van der Waals surface area contributed by atoms with E-state index in [1.807, 2.05) is 54.4 Å². The largest absolute Gasteiger partial charge is 0.329 e. The van der Waals surface area contributed by atoms with Gasteiger partial charge in [0.15, 0.2) is 5.11 Å². The summed E-state index contributed by atoms with van der Waals surface area (Å²) in [6, 6.07) is 16.3. The zero-order valence-electron chi connectivity index (χ0n) is 20.1. The van der Waals surface area contributed by atoms with Crippen LogP contribution in [0.4, 0.5) is 11.4 Å². The third-order valence-electron chi connectivity index (χ3n) is 5.97. The van der Waals surface area contributed by atoms with Crippen LogP contribution in [0.2, 0.25) is 5.02 Å². The van der Waals surface area contributed by atoms with Crippen LogP contribution >= 0.6 is 23.8 Å². The highest BCUT2D eigenvalue weighted by Gasteiger charge is 2.17. The zero-order chi connectivity index (χ0) is 24.4. The molecule has 4 aromatic rings. The van der Waals surface area contributed by atoms with E-state index in [2.05, 4.69) is 48.7 Å². The Labute approximate surface area is 210 Å². The van der Waals surface area contributed by atoms with Gasteiger partial charge in [-0.2, -0.15) is 10.2 Å². The summed E-state index contributed by atoms with van der Waals surface area (Å²) in [6.45, 7) is 11.4. The van der Waals surface area contributed by atoms with Crippen molar-refractivity contribution in [1.29, 1.82) is 0 Å². The summed E-state index contributed by atoms with van der Waals surface area (Å²) in [5.41, 5.74) is 9.09. The third kappa shape index (κ3) is 5.16. The SMILES string of the molecule is Cc1ccc(Cn2nc(C)c(NC(=S)Nc3c(C)nn(Cc4ccccc4Cl)c3C)c2C)cc1. The molecule has 0 saturated carbocycles. The molecule has 0 saturated heterocycles. The van der Waals surface area contributed by atoms with Crippen LogP contribution < -0.4 is 10.6 Å². The number of rotatable bonds is 6. The number of hydrogen-bond acceptors (Lipinski definition) is 3. The van der Waals surface area contributed by atoms with Crippen LogP contribution in [-0.2, 0) is 13.1 Å². The van der Waals surface area contributed by atoms with Gasteiger partial charge in [0.1, 0.15) is 0 Å². The highest BCUT2D eigenvalue weighted by molar-refractivity contribution is 7.80. The van der Waals surface area contributed by atoms with Crippen molar-refractivity contribution in [2.45, 2.75) is 47.7 Å². The number of hydrogen-bond donors (Lipinski definition) is 2. The fraction of sp³-hybridized carbons (Fsp3) is 0.269. The summed E-state index contributed by atoms with van der Waals surface area (Å²) in [7, 11) is 0. The molecule has 4 rings (SSSR count). The molecule has 0 fully saturated rings. The van der Waals surface area contributed by atoms with Crippen molar-refractivity contribution in [3.05, 3.63) is 93.0 Å². The lowest BCUT2D eigenvalue weighted by Crippen LogP contribution is -2.21. The lowest BCUT2D eigenvalue weighted by molar-refractivity contribution is 0.659. The van der Waals surface area contributed by atoms with E-state index in [1.54, 1.807) is 0 Å². The first kappa shape index (κ1) is 24.0. The Morgan fingerprint density at radius 3 is 1.88 bits per heavy atom. The molecule has 0 spiro atoms. The van der Waals surface area contributed by atoms with Crippen LogP contribution in [0.25, 0.3) is 0 Å². The molecule has 0 unspecified atom stereocenters. The molecule has 6 nitrogen and oxygen atoms in total. The molecule has 0 aliphatic carbocycles. The molecule has 0 amide bonds. The molecule has 0 atom stereocenters. The lowest BCUT2D eigenvalue weighted by Gasteiger charge is -2.12. The number of thiocarbonyl (C=S) groups is 1. The molecule has 8 heteroatoms. The Kier molecular flexibility index (Phi) is 7.05. The standard InChI is InChI=1S/C26H29ClN6S/c1-16-10-12-21(13-11-16)14-32-19(4)24(17(2)30-32)28-26(34)29-25-18(3)31-33(20(25)5)15-22-8-6-7-9-23(22)27/h6-13H,14-15H2,1-5H3,(H2,28,29,34). The van der Waals surface area contributed by atoms with Gasteiger partial charge in [-0.3, -0.25) is 9.36 Å². The quantitative estimate of drug-likeness (QED) is 0.315. The Hall–Kier alpha value is -3.16. The van der Waals surface area contributed by atoms with Gasteiger partial charge in [0.05, 0.1) is 47.2 Å². The van der Waals surface area contributed by atoms with Crippen molar-refractivity contribution in [3.63, 3.8) is 0 Å². The molecule has 2 N–H and O–H groups in total. The van der Waals surface area contributed by atoms with Gasteiger partial charge in [0.2, 0.25) is 0 Å². The third-order valence-corrected chi connectivity index (χ3v) is 6.54. The minimum absolute atomic E-state index is 0.504. The zero-order valence-corrected chi connectivity index (χ0v) is 21.7. The van der Waals surface area contributed by atoms with Crippen LogP contribution in [0.15, 0.2) is 48.5 Å². The molecule has 0 aliphatic heterocycles. The minimum atomic E-state index is 0.504. The Morgan fingerprint density at radius 1 is 0.794 bits per heavy atom. The second kappa shape index (κ2) is 9.99. The van der Waals surface area contributed by atoms with E-state index in [4.69, 9.17) is 34.0 Å². The predicted molar refractivity (Wildman–Crippen MR) is 144 cm³/mol. The van der Waals surface area contributed by atoms with Gasteiger partial charge in [-0.25, -0.2) is 0 Å². The van der Waals surface area contributed by atoms with E-state index in [1.165, 1.54) is 11.1 Å². The Bertz CT molecular complexity index is 1340. The van der Waals surface area contributed by atoms with Crippen molar-refractivity contribution in [2.75, 3.05) is 10.6 Å². The van der Waals surface area contributed by atoms with Crippen LogP contribution in [0.3, 0.4) is 0 Å². The van der Waals surface area contributed by atoms with Crippen molar-refractivity contribution < 1.29 is 0 Å². The normalized spacial score (nSPS) is 11.0. The molecular formula is C26H29ClN6S. The van der Waals surface area contributed by atoms with E-state index in [0.29, 0.717) is 18.2 Å². The van der Waals surface area contributed by atoms with Crippen LogP contribution in [0.1, 0.15) is 39.5 Å². The highest BCUT2D eigenvalue weighted by Crippen LogP contribution is 2.25. The number of halogens is 1. The first-order chi connectivity index (χ1) is 16.2. The topological polar surface area (TPSA) is 59.7 Å². The molecule has 0 aliphatic rings. The number of aryl methyl sites for hydroxylation is 3. The number of aromatic nitrogens is 4. The van der Waals surface area contributed by atoms with Gasteiger partial charge in [-0.1, -0.05) is 59.6 Å². The van der Waals surface area contributed by atoms with Crippen molar-refractivity contribution >= 4 is 40.3 Å². The van der Waals surface area contributed by atoms with Crippen LogP contribution in [0, 0.1) is 34.6 Å². The molecule has 2 aromatic heterocycles. The Balaban J connectivity index is 1.48. The molecule has 176 valence electrons. The molecule has 34 heavy (non-hydrogen) atoms. The maximum absolute atomic E-state index is 6.34. The Morgan fingerprint density at radius 2 is 1.32 bits per heavy atom. The number of anilines is 2. The van der Waals surface area contributed by atoms with E-state index < -0.39 is 0 Å². The van der Waals surface area contributed by atoms with Gasteiger partial charge in [0.25, 0.3) is 0 Å². The van der Waals surface area contributed by atoms with Gasteiger partial charge >= 0.3 is 0 Å². The second-order valence-electron chi connectivity index (χ2n) is 8.56. The second-order valence-corrected chi connectivity index (χ2v) is 9.38. The molecule has 0 radical (unpaired) electrons. The predicted octanol–water partition coefficient (Wildman–Crippen LogP) is 6.18. The van der Waals surface area contributed by atoms with Crippen molar-refractivity contribution in [2.24, 2.45) is 0 Å². The first-order valence-electron chi connectivity index (χ1n) is 11.2. The fourth-order valence-electron chi connectivity index (χ4n) is 3.98. The van der Waals surface area contributed by atoms with Gasteiger partial charge < -0.3 is 10.6 Å². The maximum Gasteiger partial charge on any atom is 0.175 e. The number of nitrogens with one attached hydrogen (secondary N) is 2.